The molecule has 0 unspecified atom stereocenters. The van der Waals surface area contributed by atoms with Crippen molar-refractivity contribution in [2.75, 3.05) is 0 Å². The van der Waals surface area contributed by atoms with E-state index in [-0.39, 0.29) is 0 Å². The van der Waals surface area contributed by atoms with Gasteiger partial charge in [-0.25, -0.2) is 4.79 Å². The minimum Gasteiger partial charge on any atom is -0.481 e. The zero-order valence-electron chi connectivity index (χ0n) is 12.4. The van der Waals surface area contributed by atoms with Crippen LogP contribution in [0, 0.1) is 0 Å². The highest BCUT2D eigenvalue weighted by molar-refractivity contribution is 5.70. The van der Waals surface area contributed by atoms with Crippen LogP contribution in [0.5, 0.6) is 0 Å². The van der Waals surface area contributed by atoms with Crippen LogP contribution in [0.4, 0.5) is 4.79 Å². The van der Waals surface area contributed by atoms with Crippen LogP contribution in [-0.4, -0.2) is 34.0 Å². The summed E-state index contributed by atoms with van der Waals surface area (Å²) >= 11 is 0. The molecule has 0 radical (unpaired) electrons. The molecule has 21 heavy (non-hydrogen) atoms. The Morgan fingerprint density at radius 2 is 1.81 bits per heavy atom. The van der Waals surface area contributed by atoms with Crippen molar-refractivity contribution < 1.29 is 24.5 Å². The number of hydrogen-bond acceptors (Lipinski definition) is 4. The van der Waals surface area contributed by atoms with E-state index in [0.29, 0.717) is 5.56 Å². The third-order valence-electron chi connectivity index (χ3n) is 2.60. The fourth-order valence-electron chi connectivity index (χ4n) is 1.79. The molecule has 0 saturated heterocycles. The molecular formula is C15H21NO5. The average molecular weight is 295 g/mol. The van der Waals surface area contributed by atoms with E-state index in [1.54, 1.807) is 51.1 Å². The summed E-state index contributed by atoms with van der Waals surface area (Å²) in [6, 6.07) is 7.83. The van der Waals surface area contributed by atoms with Crippen LogP contribution in [-0.2, 0) is 9.53 Å². The van der Waals surface area contributed by atoms with E-state index in [0.717, 1.165) is 0 Å². The zero-order valence-corrected chi connectivity index (χ0v) is 12.4. The second-order valence-corrected chi connectivity index (χ2v) is 5.70. The van der Waals surface area contributed by atoms with Crippen molar-refractivity contribution in [1.82, 2.24) is 5.32 Å². The fourth-order valence-corrected chi connectivity index (χ4v) is 1.79. The van der Waals surface area contributed by atoms with Crippen molar-refractivity contribution in [3.8, 4) is 0 Å². The standard InChI is InChI=1S/C15H21NO5/c1-15(2,3)21-14(20)16-13(11(17)9-12(18)19)10-7-5-4-6-8-10/h4-8,11,13,17H,9H2,1-3H3,(H,16,20)(H,18,19)/t11-,13-/m1/s1. The molecule has 1 amide bonds. The van der Waals surface area contributed by atoms with Gasteiger partial charge in [-0.15, -0.1) is 0 Å². The van der Waals surface area contributed by atoms with E-state index < -0.39 is 36.2 Å². The first-order chi connectivity index (χ1) is 9.69. The topological polar surface area (TPSA) is 95.9 Å². The summed E-state index contributed by atoms with van der Waals surface area (Å²) < 4.78 is 5.14. The predicted molar refractivity (Wildman–Crippen MR) is 76.8 cm³/mol. The van der Waals surface area contributed by atoms with Gasteiger partial charge in [0.2, 0.25) is 0 Å². The number of ether oxygens (including phenoxy) is 1. The molecule has 0 heterocycles. The van der Waals surface area contributed by atoms with Crippen LogP contribution in [0.2, 0.25) is 0 Å². The Labute approximate surface area is 123 Å². The molecule has 0 fully saturated rings. The van der Waals surface area contributed by atoms with Gasteiger partial charge in [-0.3, -0.25) is 4.79 Å². The number of rotatable bonds is 5. The summed E-state index contributed by atoms with van der Waals surface area (Å²) in [6.07, 6.45) is -2.44. The maximum absolute atomic E-state index is 11.8. The summed E-state index contributed by atoms with van der Waals surface area (Å²) in [5.41, 5.74) is -0.0691. The zero-order chi connectivity index (χ0) is 16.0. The summed E-state index contributed by atoms with van der Waals surface area (Å²) in [4.78, 5) is 22.6. The molecule has 0 aromatic heterocycles. The molecule has 0 aliphatic carbocycles. The van der Waals surface area contributed by atoms with Gasteiger partial charge in [0.25, 0.3) is 0 Å². The highest BCUT2D eigenvalue weighted by Crippen LogP contribution is 2.20. The van der Waals surface area contributed by atoms with Gasteiger partial charge in [0.1, 0.15) is 5.60 Å². The molecule has 0 spiro atoms. The van der Waals surface area contributed by atoms with Gasteiger partial charge in [0.05, 0.1) is 18.6 Å². The summed E-state index contributed by atoms with van der Waals surface area (Å²) in [7, 11) is 0. The average Bonchev–Trinajstić information content (AvgIpc) is 2.34. The van der Waals surface area contributed by atoms with Gasteiger partial charge >= 0.3 is 12.1 Å². The van der Waals surface area contributed by atoms with E-state index in [4.69, 9.17) is 9.84 Å². The van der Waals surface area contributed by atoms with Gasteiger partial charge in [-0.1, -0.05) is 30.3 Å². The van der Waals surface area contributed by atoms with Crippen molar-refractivity contribution in [1.29, 1.82) is 0 Å². The Bertz CT molecular complexity index is 481. The Balaban J connectivity index is 2.87. The Morgan fingerprint density at radius 1 is 1.24 bits per heavy atom. The Morgan fingerprint density at radius 3 is 2.29 bits per heavy atom. The number of aliphatic carboxylic acids is 1. The van der Waals surface area contributed by atoms with Gasteiger partial charge < -0.3 is 20.3 Å². The molecule has 0 aliphatic heterocycles. The van der Waals surface area contributed by atoms with Crippen LogP contribution < -0.4 is 5.32 Å². The first kappa shape index (κ1) is 17.0. The molecule has 0 aliphatic rings. The first-order valence-electron chi connectivity index (χ1n) is 6.63. The van der Waals surface area contributed by atoms with Crippen molar-refractivity contribution >= 4 is 12.1 Å². The number of benzene rings is 1. The van der Waals surface area contributed by atoms with Crippen LogP contribution in [0.15, 0.2) is 30.3 Å². The second kappa shape index (κ2) is 7.08. The van der Waals surface area contributed by atoms with E-state index in [1.807, 2.05) is 0 Å². The van der Waals surface area contributed by atoms with Gasteiger partial charge in [-0.05, 0) is 26.3 Å². The van der Waals surface area contributed by atoms with Crippen molar-refractivity contribution in [3.63, 3.8) is 0 Å². The minimum absolute atomic E-state index is 0.477. The first-order valence-corrected chi connectivity index (χ1v) is 6.63. The second-order valence-electron chi connectivity index (χ2n) is 5.70. The van der Waals surface area contributed by atoms with Crippen LogP contribution in [0.1, 0.15) is 38.8 Å². The lowest BCUT2D eigenvalue weighted by Crippen LogP contribution is -2.40. The fraction of sp³-hybridized carbons (Fsp3) is 0.467. The molecule has 0 saturated carbocycles. The van der Waals surface area contributed by atoms with E-state index in [2.05, 4.69) is 5.32 Å². The lowest BCUT2D eigenvalue weighted by Gasteiger charge is -2.26. The molecule has 116 valence electrons. The van der Waals surface area contributed by atoms with E-state index in [9.17, 15) is 14.7 Å². The van der Waals surface area contributed by atoms with E-state index in [1.165, 1.54) is 0 Å². The van der Waals surface area contributed by atoms with Crippen molar-refractivity contribution in [2.24, 2.45) is 0 Å². The lowest BCUT2D eigenvalue weighted by molar-refractivity contribution is -0.139. The van der Waals surface area contributed by atoms with Crippen molar-refractivity contribution in [2.45, 2.75) is 44.9 Å². The van der Waals surface area contributed by atoms with E-state index >= 15 is 0 Å². The monoisotopic (exact) mass is 295 g/mol. The normalized spacial score (nSPS) is 14.1. The minimum atomic E-state index is -1.25. The third-order valence-corrected chi connectivity index (χ3v) is 2.60. The highest BCUT2D eigenvalue weighted by atomic mass is 16.6. The van der Waals surface area contributed by atoms with Crippen LogP contribution in [0.3, 0.4) is 0 Å². The molecule has 1 aromatic rings. The smallest absolute Gasteiger partial charge is 0.408 e. The largest absolute Gasteiger partial charge is 0.481 e. The number of carboxylic acids is 1. The van der Waals surface area contributed by atoms with Gasteiger partial charge in [-0.2, -0.15) is 0 Å². The number of alkyl carbamates (subject to hydrolysis) is 1. The predicted octanol–water partition coefficient (Wildman–Crippen LogP) is 2.09. The summed E-state index contributed by atoms with van der Waals surface area (Å²) in [5.74, 6) is -1.14. The number of carbonyl (C=O) groups is 2. The number of amides is 1. The molecule has 3 N–H and O–H groups in total. The summed E-state index contributed by atoms with van der Waals surface area (Å²) in [5, 5.41) is 21.3. The van der Waals surface area contributed by atoms with Crippen LogP contribution >= 0.6 is 0 Å². The quantitative estimate of drug-likeness (QED) is 0.773. The summed E-state index contributed by atoms with van der Waals surface area (Å²) in [6.45, 7) is 5.16. The Hall–Kier alpha value is -2.08. The number of carbonyl (C=O) groups excluding carboxylic acids is 1. The van der Waals surface area contributed by atoms with Gasteiger partial charge in [0, 0.05) is 0 Å². The highest BCUT2D eigenvalue weighted by Gasteiger charge is 2.27. The Kier molecular flexibility index (Phi) is 5.72. The molecule has 1 aromatic carbocycles. The number of carboxylic acid groups (broad SMARTS) is 1. The molecular weight excluding hydrogens is 274 g/mol. The number of aliphatic hydroxyl groups is 1. The van der Waals surface area contributed by atoms with Crippen molar-refractivity contribution in [3.05, 3.63) is 35.9 Å². The molecule has 1 rings (SSSR count). The lowest BCUT2D eigenvalue weighted by atomic mass is 9.99. The van der Waals surface area contributed by atoms with Gasteiger partial charge in [0.15, 0.2) is 0 Å². The maximum Gasteiger partial charge on any atom is 0.408 e. The number of aliphatic hydroxyl groups excluding tert-OH is 1. The molecule has 0 bridgehead atoms. The van der Waals surface area contributed by atoms with Crippen LogP contribution in [0.25, 0.3) is 0 Å². The SMILES string of the molecule is CC(C)(C)OC(=O)N[C@H](c1ccccc1)[C@H](O)CC(=O)O. The third kappa shape index (κ3) is 6.27. The molecule has 6 nitrogen and oxygen atoms in total. The molecule has 2 atom stereocenters. The molecule has 6 heteroatoms. The number of hydrogen-bond donors (Lipinski definition) is 3. The maximum atomic E-state index is 11.8. The number of nitrogens with one attached hydrogen (secondary N) is 1.